The summed E-state index contributed by atoms with van der Waals surface area (Å²) in [6, 6.07) is 11.9. The predicted octanol–water partition coefficient (Wildman–Crippen LogP) is 4.84. The van der Waals surface area contributed by atoms with E-state index in [1.54, 1.807) is 57.2 Å². The summed E-state index contributed by atoms with van der Waals surface area (Å²) in [6.45, 7) is 14.7. The summed E-state index contributed by atoms with van der Waals surface area (Å²) in [4.78, 5) is 38.1. The highest BCUT2D eigenvalue weighted by Gasteiger charge is 2.30. The van der Waals surface area contributed by atoms with Crippen LogP contribution in [0.25, 0.3) is 0 Å². The molecule has 1 N–H and O–H groups in total. The second-order valence-electron chi connectivity index (χ2n) is 9.79. The maximum Gasteiger partial charge on any atom is 0.316 e. The minimum atomic E-state index is -0.664. The molecule has 2 amide bonds. The molecule has 0 aliphatic carbocycles. The Labute approximate surface area is 184 Å². The molecule has 0 aliphatic rings. The number of benzene rings is 2. The summed E-state index contributed by atoms with van der Waals surface area (Å²) >= 11 is 0. The molecule has 0 bridgehead atoms. The number of carbonyl (C=O) groups is 3. The van der Waals surface area contributed by atoms with Gasteiger partial charge in [0.15, 0.2) is 0 Å². The third-order valence-corrected chi connectivity index (χ3v) is 4.50. The molecule has 2 aromatic rings. The van der Waals surface area contributed by atoms with Crippen molar-refractivity contribution < 1.29 is 19.1 Å². The second-order valence-corrected chi connectivity index (χ2v) is 9.79. The highest BCUT2D eigenvalue weighted by Crippen LogP contribution is 2.22. The van der Waals surface area contributed by atoms with Crippen molar-refractivity contribution in [3.63, 3.8) is 0 Å². The molecular weight excluding hydrogens is 392 g/mol. The zero-order valence-electron chi connectivity index (χ0n) is 19.6. The zero-order chi connectivity index (χ0) is 23.6. The van der Waals surface area contributed by atoms with Gasteiger partial charge in [0.05, 0.1) is 11.0 Å². The third-order valence-electron chi connectivity index (χ3n) is 4.50. The van der Waals surface area contributed by atoms with Gasteiger partial charge in [0.1, 0.15) is 5.75 Å². The topological polar surface area (TPSA) is 75.7 Å². The van der Waals surface area contributed by atoms with E-state index in [-0.39, 0.29) is 17.8 Å². The predicted molar refractivity (Wildman–Crippen MR) is 121 cm³/mol. The Hall–Kier alpha value is -3.15. The molecule has 0 aliphatic heterocycles. The first-order valence-electron chi connectivity index (χ1n) is 10.2. The van der Waals surface area contributed by atoms with Crippen LogP contribution >= 0.6 is 0 Å². The molecule has 0 radical (unpaired) electrons. The summed E-state index contributed by atoms with van der Waals surface area (Å²) in [7, 11) is 0. The number of hydrogen-bond acceptors (Lipinski definition) is 4. The van der Waals surface area contributed by atoms with Crippen molar-refractivity contribution in [2.75, 3.05) is 0 Å². The number of aryl methyl sites for hydroxylation is 2. The Morgan fingerprint density at radius 1 is 0.806 bits per heavy atom. The van der Waals surface area contributed by atoms with Gasteiger partial charge in [-0.05, 0) is 91.8 Å². The summed E-state index contributed by atoms with van der Waals surface area (Å²) < 4.78 is 5.35. The Kier molecular flexibility index (Phi) is 6.94. The van der Waals surface area contributed by atoms with Crippen molar-refractivity contribution in [1.82, 2.24) is 10.4 Å². The van der Waals surface area contributed by atoms with E-state index in [0.29, 0.717) is 16.9 Å². The van der Waals surface area contributed by atoms with Gasteiger partial charge >= 0.3 is 5.97 Å². The molecule has 0 aromatic heterocycles. The Balaban J connectivity index is 2.23. The first kappa shape index (κ1) is 24.1. The molecule has 2 aromatic carbocycles. The van der Waals surface area contributed by atoms with Gasteiger partial charge in [0.2, 0.25) is 0 Å². The fourth-order valence-electron chi connectivity index (χ4n) is 2.85. The lowest BCUT2D eigenvalue weighted by Crippen LogP contribution is -2.55. The maximum absolute atomic E-state index is 13.2. The minimum Gasteiger partial charge on any atom is -0.426 e. The SMILES string of the molecule is Cc1cc(C)cc(C(=O)NN(C(=O)c2ccc(OC(=O)C(C)(C)C)cc2)C(C)(C)C)c1. The molecule has 0 saturated heterocycles. The van der Waals surface area contributed by atoms with E-state index in [1.165, 1.54) is 5.01 Å². The molecule has 0 fully saturated rings. The van der Waals surface area contributed by atoms with Crippen LogP contribution in [0.2, 0.25) is 0 Å². The van der Waals surface area contributed by atoms with Crippen molar-refractivity contribution in [2.45, 2.75) is 60.9 Å². The van der Waals surface area contributed by atoms with Crippen LogP contribution < -0.4 is 10.2 Å². The van der Waals surface area contributed by atoms with Gasteiger partial charge in [-0.25, -0.2) is 5.01 Å². The number of esters is 1. The zero-order valence-corrected chi connectivity index (χ0v) is 19.6. The Morgan fingerprint density at radius 2 is 1.32 bits per heavy atom. The van der Waals surface area contributed by atoms with Crippen molar-refractivity contribution in [2.24, 2.45) is 5.41 Å². The van der Waals surface area contributed by atoms with E-state index in [1.807, 2.05) is 40.7 Å². The van der Waals surface area contributed by atoms with Crippen LogP contribution in [0.15, 0.2) is 42.5 Å². The normalized spacial score (nSPS) is 11.6. The van der Waals surface area contributed by atoms with E-state index in [0.717, 1.165) is 11.1 Å². The van der Waals surface area contributed by atoms with Gasteiger partial charge in [-0.15, -0.1) is 0 Å². The Morgan fingerprint density at radius 3 is 1.77 bits per heavy atom. The van der Waals surface area contributed by atoms with Gasteiger partial charge in [0.25, 0.3) is 11.8 Å². The van der Waals surface area contributed by atoms with E-state index in [2.05, 4.69) is 5.43 Å². The standard InChI is InChI=1S/C25H32N2O4/c1-16-13-17(2)15-19(14-16)21(28)26-27(25(6,7)8)22(29)18-9-11-20(12-10-18)31-23(30)24(3,4)5/h9-15H,1-8H3,(H,26,28). The fraction of sp³-hybridized carbons (Fsp3) is 0.400. The van der Waals surface area contributed by atoms with Crippen molar-refractivity contribution in [3.05, 3.63) is 64.7 Å². The van der Waals surface area contributed by atoms with Gasteiger partial charge < -0.3 is 4.74 Å². The highest BCUT2D eigenvalue weighted by atomic mass is 16.5. The quantitative estimate of drug-likeness (QED) is 0.435. The Bertz CT molecular complexity index is 960. The van der Waals surface area contributed by atoms with E-state index < -0.39 is 11.0 Å². The fourth-order valence-corrected chi connectivity index (χ4v) is 2.85. The number of hydrazine groups is 1. The summed E-state index contributed by atoms with van der Waals surface area (Å²) in [6.07, 6.45) is 0. The van der Waals surface area contributed by atoms with Crippen LogP contribution in [0.4, 0.5) is 0 Å². The van der Waals surface area contributed by atoms with Gasteiger partial charge in [-0.2, -0.15) is 0 Å². The van der Waals surface area contributed by atoms with Gasteiger partial charge in [-0.1, -0.05) is 17.2 Å². The first-order chi connectivity index (χ1) is 14.2. The molecule has 0 spiro atoms. The lowest BCUT2D eigenvalue weighted by molar-refractivity contribution is -0.143. The number of hydrogen-bond donors (Lipinski definition) is 1. The molecule has 6 nitrogen and oxygen atoms in total. The van der Waals surface area contributed by atoms with Crippen LogP contribution in [0.1, 0.15) is 73.4 Å². The lowest BCUT2D eigenvalue weighted by atomic mass is 9.97. The molecule has 2 rings (SSSR count). The van der Waals surface area contributed by atoms with Gasteiger partial charge in [-0.3, -0.25) is 19.8 Å². The van der Waals surface area contributed by atoms with Crippen LogP contribution in [0.5, 0.6) is 5.75 Å². The van der Waals surface area contributed by atoms with E-state index in [9.17, 15) is 14.4 Å². The number of carbonyl (C=O) groups excluding carboxylic acids is 3. The molecule has 0 saturated carbocycles. The molecule has 6 heteroatoms. The molecule has 31 heavy (non-hydrogen) atoms. The summed E-state index contributed by atoms with van der Waals surface area (Å²) in [5.41, 5.74) is 4.26. The molecular formula is C25H32N2O4. The van der Waals surface area contributed by atoms with Crippen LogP contribution in [0, 0.1) is 19.3 Å². The summed E-state index contributed by atoms with van der Waals surface area (Å²) in [5.74, 6) is -0.716. The number of ether oxygens (including phenoxy) is 1. The average molecular weight is 425 g/mol. The number of amides is 2. The third kappa shape index (κ3) is 6.41. The van der Waals surface area contributed by atoms with Crippen molar-refractivity contribution >= 4 is 17.8 Å². The first-order valence-corrected chi connectivity index (χ1v) is 10.2. The molecule has 166 valence electrons. The number of rotatable bonds is 3. The maximum atomic E-state index is 13.2. The van der Waals surface area contributed by atoms with E-state index >= 15 is 0 Å². The smallest absolute Gasteiger partial charge is 0.316 e. The summed E-state index contributed by atoms with van der Waals surface area (Å²) in [5, 5.41) is 1.32. The second kappa shape index (κ2) is 8.92. The molecule has 0 unspecified atom stereocenters. The van der Waals surface area contributed by atoms with Crippen molar-refractivity contribution in [3.8, 4) is 5.75 Å². The van der Waals surface area contributed by atoms with Crippen LogP contribution in [-0.2, 0) is 4.79 Å². The largest absolute Gasteiger partial charge is 0.426 e. The van der Waals surface area contributed by atoms with Crippen molar-refractivity contribution in [1.29, 1.82) is 0 Å². The van der Waals surface area contributed by atoms with Crippen LogP contribution in [0.3, 0.4) is 0 Å². The average Bonchev–Trinajstić information content (AvgIpc) is 2.63. The van der Waals surface area contributed by atoms with Gasteiger partial charge in [0, 0.05) is 11.1 Å². The molecule has 0 atom stereocenters. The number of nitrogens with one attached hydrogen (secondary N) is 1. The van der Waals surface area contributed by atoms with Crippen LogP contribution in [-0.4, -0.2) is 28.3 Å². The minimum absolute atomic E-state index is 0.356. The lowest BCUT2D eigenvalue weighted by Gasteiger charge is -2.35. The molecule has 0 heterocycles. The number of nitrogens with zero attached hydrogens (tertiary/aromatic N) is 1. The highest BCUT2D eigenvalue weighted by molar-refractivity contribution is 5.99. The monoisotopic (exact) mass is 424 g/mol. The van der Waals surface area contributed by atoms with E-state index in [4.69, 9.17) is 4.74 Å².